The van der Waals surface area contributed by atoms with Gasteiger partial charge >= 0.3 is 10.2 Å². The third-order valence-electron chi connectivity index (χ3n) is 2.85. The van der Waals surface area contributed by atoms with Crippen LogP contribution in [0.25, 0.3) is 0 Å². The number of rotatable bonds is 3. The minimum absolute atomic E-state index is 0.281. The average Bonchev–Trinajstić information content (AvgIpc) is 2.91. The Morgan fingerprint density at radius 1 is 1.32 bits per heavy atom. The summed E-state index contributed by atoms with van der Waals surface area (Å²) in [6, 6.07) is 7.00. The normalized spacial score (nSPS) is 15.8. The molecule has 0 aliphatic carbocycles. The molecule has 0 atom stereocenters. The summed E-state index contributed by atoms with van der Waals surface area (Å²) >= 11 is 0. The molecule has 0 aromatic heterocycles. The average molecular weight is 279 g/mol. The third-order valence-corrected chi connectivity index (χ3v) is 4.39. The lowest BCUT2D eigenvalue weighted by atomic mass is 10.2. The molecule has 1 saturated heterocycles. The van der Waals surface area contributed by atoms with Gasteiger partial charge in [0.25, 0.3) is 0 Å². The van der Waals surface area contributed by atoms with Crippen LogP contribution in [0.2, 0.25) is 0 Å². The van der Waals surface area contributed by atoms with Gasteiger partial charge in [0.05, 0.1) is 12.2 Å². The number of nitrogens with one attached hydrogen (secondary N) is 1. The Morgan fingerprint density at radius 2 is 2.05 bits per heavy atom. The van der Waals surface area contributed by atoms with Gasteiger partial charge in [-0.1, -0.05) is 17.9 Å². The first-order valence-corrected chi connectivity index (χ1v) is 7.63. The number of anilines is 1. The van der Waals surface area contributed by atoms with Crippen LogP contribution in [0.5, 0.6) is 0 Å². The molecule has 19 heavy (non-hydrogen) atoms. The lowest BCUT2D eigenvalue weighted by molar-refractivity contribution is 0.482. The van der Waals surface area contributed by atoms with Gasteiger partial charge in [0.1, 0.15) is 0 Å². The van der Waals surface area contributed by atoms with E-state index in [1.807, 2.05) is 6.07 Å². The highest BCUT2D eigenvalue weighted by molar-refractivity contribution is 7.90. The number of nitrogens with two attached hydrogens (primary N) is 1. The maximum absolute atomic E-state index is 12.1. The van der Waals surface area contributed by atoms with Crippen LogP contribution in [0.1, 0.15) is 18.4 Å². The molecule has 6 heteroatoms. The molecule has 2 rings (SSSR count). The van der Waals surface area contributed by atoms with Crippen molar-refractivity contribution in [2.75, 3.05) is 24.4 Å². The molecule has 1 aliphatic rings. The van der Waals surface area contributed by atoms with E-state index >= 15 is 0 Å². The van der Waals surface area contributed by atoms with E-state index in [1.54, 1.807) is 18.2 Å². The van der Waals surface area contributed by atoms with Crippen LogP contribution in [0.4, 0.5) is 5.69 Å². The fourth-order valence-electron chi connectivity index (χ4n) is 1.96. The van der Waals surface area contributed by atoms with E-state index in [0.29, 0.717) is 18.8 Å². The molecule has 102 valence electrons. The van der Waals surface area contributed by atoms with E-state index in [1.165, 1.54) is 4.31 Å². The van der Waals surface area contributed by atoms with E-state index in [0.717, 1.165) is 18.4 Å². The molecule has 1 aromatic rings. The molecule has 0 unspecified atom stereocenters. The van der Waals surface area contributed by atoms with Crippen LogP contribution in [-0.2, 0) is 10.2 Å². The first kappa shape index (κ1) is 13.9. The Balaban J connectivity index is 2.14. The molecule has 3 N–H and O–H groups in total. The Morgan fingerprint density at radius 3 is 2.74 bits per heavy atom. The van der Waals surface area contributed by atoms with Crippen LogP contribution in [0.15, 0.2) is 24.3 Å². The van der Waals surface area contributed by atoms with Gasteiger partial charge in [-0.25, -0.2) is 0 Å². The smallest absolute Gasteiger partial charge is 0.301 e. The van der Waals surface area contributed by atoms with Crippen molar-refractivity contribution in [3.63, 3.8) is 0 Å². The second kappa shape index (κ2) is 6.06. The highest BCUT2D eigenvalue weighted by Crippen LogP contribution is 2.17. The monoisotopic (exact) mass is 279 g/mol. The molecule has 0 spiro atoms. The predicted molar refractivity (Wildman–Crippen MR) is 75.7 cm³/mol. The van der Waals surface area contributed by atoms with Crippen molar-refractivity contribution in [3.05, 3.63) is 29.8 Å². The summed E-state index contributed by atoms with van der Waals surface area (Å²) in [5, 5.41) is 0. The van der Waals surface area contributed by atoms with Crippen LogP contribution < -0.4 is 10.5 Å². The van der Waals surface area contributed by atoms with Gasteiger partial charge in [0.15, 0.2) is 0 Å². The lowest BCUT2D eigenvalue weighted by Gasteiger charge is -2.16. The molecule has 0 saturated carbocycles. The van der Waals surface area contributed by atoms with Gasteiger partial charge in [0.2, 0.25) is 0 Å². The zero-order valence-corrected chi connectivity index (χ0v) is 11.4. The Bertz CT molecular complexity index is 596. The van der Waals surface area contributed by atoms with Crippen LogP contribution >= 0.6 is 0 Å². The van der Waals surface area contributed by atoms with Crippen molar-refractivity contribution in [1.82, 2.24) is 4.31 Å². The summed E-state index contributed by atoms with van der Waals surface area (Å²) in [6.07, 6.45) is 1.84. The zero-order chi connectivity index (χ0) is 13.7. The summed E-state index contributed by atoms with van der Waals surface area (Å²) in [6.45, 7) is 1.45. The molecule has 0 radical (unpaired) electrons. The number of hydrogen-bond acceptors (Lipinski definition) is 3. The maximum Gasteiger partial charge on any atom is 0.301 e. The summed E-state index contributed by atoms with van der Waals surface area (Å²) in [7, 11) is -3.44. The Kier molecular flexibility index (Phi) is 4.43. The highest BCUT2D eigenvalue weighted by Gasteiger charge is 2.24. The zero-order valence-electron chi connectivity index (χ0n) is 10.6. The SMILES string of the molecule is NCC#Cc1cccc(NS(=O)(=O)N2CCCC2)c1. The topological polar surface area (TPSA) is 75.4 Å². The number of nitrogens with zero attached hydrogens (tertiary/aromatic N) is 1. The highest BCUT2D eigenvalue weighted by atomic mass is 32.2. The van der Waals surface area contributed by atoms with Crippen molar-refractivity contribution >= 4 is 15.9 Å². The third kappa shape index (κ3) is 3.70. The fraction of sp³-hybridized carbons (Fsp3) is 0.385. The van der Waals surface area contributed by atoms with E-state index in [-0.39, 0.29) is 6.54 Å². The van der Waals surface area contributed by atoms with Gasteiger partial charge in [-0.15, -0.1) is 0 Å². The quantitative estimate of drug-likeness (QED) is 0.802. The standard InChI is InChI=1S/C13H17N3O2S/c14-8-4-6-12-5-3-7-13(11-12)15-19(17,18)16-9-1-2-10-16/h3,5,7,11,15H,1-2,8-10,14H2. The summed E-state index contributed by atoms with van der Waals surface area (Å²) in [5.74, 6) is 5.62. The molecule has 1 aliphatic heterocycles. The Labute approximate surface area is 114 Å². The van der Waals surface area contributed by atoms with Crippen LogP contribution in [0.3, 0.4) is 0 Å². The molecule has 1 heterocycles. The first-order valence-electron chi connectivity index (χ1n) is 6.19. The fourth-order valence-corrected chi connectivity index (χ4v) is 3.25. The minimum atomic E-state index is -3.44. The van der Waals surface area contributed by atoms with Crippen molar-refractivity contribution < 1.29 is 8.42 Å². The number of benzene rings is 1. The molecule has 0 bridgehead atoms. The summed E-state index contributed by atoms with van der Waals surface area (Å²) in [4.78, 5) is 0. The molecule has 1 fully saturated rings. The minimum Gasteiger partial charge on any atom is -0.320 e. The summed E-state index contributed by atoms with van der Waals surface area (Å²) < 4.78 is 28.2. The van der Waals surface area contributed by atoms with E-state index in [2.05, 4.69) is 16.6 Å². The van der Waals surface area contributed by atoms with Crippen LogP contribution in [-0.4, -0.2) is 32.4 Å². The Hall–Kier alpha value is -1.55. The predicted octanol–water partition coefficient (Wildman–Crippen LogP) is 0.749. The first-order chi connectivity index (χ1) is 9.12. The van der Waals surface area contributed by atoms with Gasteiger partial charge in [0, 0.05) is 18.7 Å². The van der Waals surface area contributed by atoms with Crippen LogP contribution in [0, 0.1) is 11.8 Å². The van der Waals surface area contributed by atoms with Crippen molar-refractivity contribution in [2.24, 2.45) is 5.73 Å². The van der Waals surface area contributed by atoms with Gasteiger partial charge in [-0.05, 0) is 31.0 Å². The van der Waals surface area contributed by atoms with Gasteiger partial charge < -0.3 is 5.73 Å². The second-order valence-corrected chi connectivity index (χ2v) is 5.97. The molecule has 0 amide bonds. The molecular weight excluding hydrogens is 262 g/mol. The van der Waals surface area contributed by atoms with E-state index in [9.17, 15) is 8.42 Å². The van der Waals surface area contributed by atoms with Crippen molar-refractivity contribution in [3.8, 4) is 11.8 Å². The second-order valence-electron chi connectivity index (χ2n) is 4.30. The maximum atomic E-state index is 12.1. The van der Waals surface area contributed by atoms with Gasteiger partial charge in [-0.3, -0.25) is 4.72 Å². The van der Waals surface area contributed by atoms with E-state index < -0.39 is 10.2 Å². The molecule has 5 nitrogen and oxygen atoms in total. The lowest BCUT2D eigenvalue weighted by Crippen LogP contribution is -2.33. The molecular formula is C13H17N3O2S. The largest absolute Gasteiger partial charge is 0.320 e. The molecule has 1 aromatic carbocycles. The van der Waals surface area contributed by atoms with Crippen molar-refractivity contribution in [1.29, 1.82) is 0 Å². The van der Waals surface area contributed by atoms with Crippen molar-refractivity contribution in [2.45, 2.75) is 12.8 Å². The van der Waals surface area contributed by atoms with E-state index in [4.69, 9.17) is 5.73 Å². The van der Waals surface area contributed by atoms with Gasteiger partial charge in [-0.2, -0.15) is 12.7 Å². The summed E-state index contributed by atoms with van der Waals surface area (Å²) in [5.41, 5.74) is 6.57. The number of hydrogen-bond donors (Lipinski definition) is 2.